The van der Waals surface area contributed by atoms with E-state index in [2.05, 4.69) is 54.7 Å². The van der Waals surface area contributed by atoms with E-state index in [1.54, 1.807) is 0 Å². The summed E-state index contributed by atoms with van der Waals surface area (Å²) in [4.78, 5) is 2.30. The van der Waals surface area contributed by atoms with Crippen molar-refractivity contribution in [3.05, 3.63) is 33.3 Å². The summed E-state index contributed by atoms with van der Waals surface area (Å²) in [5.41, 5.74) is 7.37. The third kappa shape index (κ3) is 4.54. The molecule has 0 saturated heterocycles. The van der Waals surface area contributed by atoms with Crippen LogP contribution in [0, 0.1) is 5.41 Å². The van der Waals surface area contributed by atoms with Gasteiger partial charge in [-0.1, -0.05) is 38.4 Å². The summed E-state index contributed by atoms with van der Waals surface area (Å²) in [6.45, 7) is 8.29. The Kier molecular flexibility index (Phi) is 5.66. The van der Waals surface area contributed by atoms with Crippen molar-refractivity contribution in [3.8, 4) is 0 Å². The average molecular weight is 334 g/mol. The lowest BCUT2D eigenvalue weighted by Gasteiger charge is -2.33. The van der Waals surface area contributed by atoms with E-state index in [0.717, 1.165) is 16.0 Å². The molecule has 0 radical (unpaired) electrons. The van der Waals surface area contributed by atoms with Crippen LogP contribution in [0.4, 0.5) is 0 Å². The summed E-state index contributed by atoms with van der Waals surface area (Å²) in [7, 11) is 2.12. The fraction of sp³-hybridized carbons (Fsp3) is 0.571. The number of rotatable bonds is 4. The zero-order chi connectivity index (χ0) is 13.9. The van der Waals surface area contributed by atoms with Crippen LogP contribution < -0.4 is 5.73 Å². The van der Waals surface area contributed by atoms with Crippen LogP contribution in [0.5, 0.6) is 0 Å². The van der Waals surface area contributed by atoms with Gasteiger partial charge in [0.2, 0.25) is 0 Å². The van der Waals surface area contributed by atoms with Gasteiger partial charge < -0.3 is 5.73 Å². The molecule has 4 heteroatoms. The maximum atomic E-state index is 6.02. The normalized spacial score (nSPS) is 14.0. The van der Waals surface area contributed by atoms with Crippen LogP contribution in [-0.4, -0.2) is 25.0 Å². The number of nitrogens with zero attached hydrogens (tertiary/aromatic N) is 1. The van der Waals surface area contributed by atoms with Crippen LogP contribution in [0.2, 0.25) is 5.02 Å². The van der Waals surface area contributed by atoms with Crippen molar-refractivity contribution >= 4 is 27.5 Å². The van der Waals surface area contributed by atoms with Crippen molar-refractivity contribution in [2.75, 3.05) is 20.1 Å². The fourth-order valence-corrected chi connectivity index (χ4v) is 2.66. The monoisotopic (exact) mass is 332 g/mol. The van der Waals surface area contributed by atoms with Crippen LogP contribution in [0.3, 0.4) is 0 Å². The first-order valence-corrected chi connectivity index (χ1v) is 7.27. The van der Waals surface area contributed by atoms with Gasteiger partial charge in [0.25, 0.3) is 0 Å². The fourth-order valence-electron chi connectivity index (χ4n) is 2.15. The lowest BCUT2D eigenvalue weighted by Crippen LogP contribution is -2.36. The Morgan fingerprint density at radius 1 is 1.39 bits per heavy atom. The van der Waals surface area contributed by atoms with E-state index in [1.165, 1.54) is 5.56 Å². The van der Waals surface area contributed by atoms with Gasteiger partial charge in [0, 0.05) is 23.6 Å². The van der Waals surface area contributed by atoms with Crippen molar-refractivity contribution in [3.63, 3.8) is 0 Å². The molecule has 2 nitrogen and oxygen atoms in total. The molecule has 0 saturated carbocycles. The van der Waals surface area contributed by atoms with Gasteiger partial charge in [0.05, 0.1) is 5.02 Å². The minimum absolute atomic E-state index is 0.220. The van der Waals surface area contributed by atoms with Gasteiger partial charge in [-0.3, -0.25) is 4.90 Å². The van der Waals surface area contributed by atoms with Crippen molar-refractivity contribution in [2.45, 2.75) is 26.8 Å². The van der Waals surface area contributed by atoms with E-state index in [1.807, 2.05) is 12.1 Å². The standard InChI is InChI=1S/C14H22BrClN2/c1-14(2,3)9-18(4)13(8-17)10-5-6-12(16)11(15)7-10/h5-7,13H,8-9,17H2,1-4H3. The van der Waals surface area contributed by atoms with E-state index < -0.39 is 0 Å². The quantitative estimate of drug-likeness (QED) is 0.899. The maximum Gasteiger partial charge on any atom is 0.0548 e. The first-order chi connectivity index (χ1) is 8.24. The number of hydrogen-bond acceptors (Lipinski definition) is 2. The first-order valence-electron chi connectivity index (χ1n) is 6.10. The number of halogens is 2. The summed E-state index contributed by atoms with van der Waals surface area (Å²) in [6.07, 6.45) is 0. The third-order valence-electron chi connectivity index (χ3n) is 2.81. The smallest absolute Gasteiger partial charge is 0.0548 e. The highest BCUT2D eigenvalue weighted by atomic mass is 79.9. The van der Waals surface area contributed by atoms with E-state index in [-0.39, 0.29) is 11.5 Å². The summed E-state index contributed by atoms with van der Waals surface area (Å²) in [6, 6.07) is 6.23. The number of nitrogens with two attached hydrogens (primary N) is 1. The van der Waals surface area contributed by atoms with E-state index in [4.69, 9.17) is 17.3 Å². The lowest BCUT2D eigenvalue weighted by molar-refractivity contribution is 0.175. The Hall–Kier alpha value is -0.0900. The Balaban J connectivity index is 2.91. The highest BCUT2D eigenvalue weighted by Crippen LogP contribution is 2.29. The second-order valence-corrected chi connectivity index (χ2v) is 7.16. The van der Waals surface area contributed by atoms with E-state index in [0.29, 0.717) is 6.54 Å². The minimum atomic E-state index is 0.220. The molecule has 102 valence electrons. The minimum Gasteiger partial charge on any atom is -0.329 e. The molecule has 0 amide bonds. The zero-order valence-corrected chi connectivity index (χ0v) is 13.8. The van der Waals surface area contributed by atoms with Gasteiger partial charge in [-0.25, -0.2) is 0 Å². The summed E-state index contributed by atoms with van der Waals surface area (Å²) >= 11 is 9.49. The van der Waals surface area contributed by atoms with E-state index >= 15 is 0 Å². The highest BCUT2D eigenvalue weighted by molar-refractivity contribution is 9.10. The summed E-state index contributed by atoms with van der Waals surface area (Å²) < 4.78 is 0.921. The SMILES string of the molecule is CN(CC(C)(C)C)C(CN)c1ccc(Cl)c(Br)c1. The second-order valence-electron chi connectivity index (χ2n) is 5.90. The lowest BCUT2D eigenvalue weighted by atomic mass is 9.94. The molecule has 0 aromatic heterocycles. The van der Waals surface area contributed by atoms with Gasteiger partial charge in [0.1, 0.15) is 0 Å². The molecule has 0 spiro atoms. The molecule has 0 aliphatic carbocycles. The van der Waals surface area contributed by atoms with Gasteiger partial charge >= 0.3 is 0 Å². The number of benzene rings is 1. The van der Waals surface area contributed by atoms with Crippen molar-refractivity contribution in [1.29, 1.82) is 0 Å². The van der Waals surface area contributed by atoms with Crippen LogP contribution in [0.25, 0.3) is 0 Å². The number of likely N-dealkylation sites (N-methyl/N-ethyl adjacent to an activating group) is 1. The zero-order valence-electron chi connectivity index (χ0n) is 11.5. The molecule has 0 aliphatic rings. The Morgan fingerprint density at radius 2 is 2.00 bits per heavy atom. The predicted molar refractivity (Wildman–Crippen MR) is 83.0 cm³/mol. The third-order valence-corrected chi connectivity index (χ3v) is 4.02. The van der Waals surface area contributed by atoms with Gasteiger partial charge in [0.15, 0.2) is 0 Å². The Morgan fingerprint density at radius 3 is 2.44 bits per heavy atom. The Labute approximate surface area is 124 Å². The predicted octanol–water partition coefficient (Wildman–Crippen LogP) is 4.08. The summed E-state index contributed by atoms with van der Waals surface area (Å²) in [5.74, 6) is 0. The van der Waals surface area contributed by atoms with Crippen molar-refractivity contribution < 1.29 is 0 Å². The van der Waals surface area contributed by atoms with Crippen LogP contribution in [0.1, 0.15) is 32.4 Å². The summed E-state index contributed by atoms with van der Waals surface area (Å²) in [5, 5.41) is 0.730. The molecule has 18 heavy (non-hydrogen) atoms. The van der Waals surface area contributed by atoms with Crippen LogP contribution in [0.15, 0.2) is 22.7 Å². The van der Waals surface area contributed by atoms with Crippen LogP contribution in [-0.2, 0) is 0 Å². The molecule has 1 aromatic carbocycles. The molecule has 0 fully saturated rings. The molecule has 1 rings (SSSR count). The first kappa shape index (κ1) is 16.0. The molecule has 2 N–H and O–H groups in total. The van der Waals surface area contributed by atoms with Gasteiger partial charge in [-0.2, -0.15) is 0 Å². The number of hydrogen-bond donors (Lipinski definition) is 1. The van der Waals surface area contributed by atoms with Crippen molar-refractivity contribution in [2.24, 2.45) is 11.1 Å². The molecule has 0 aliphatic heterocycles. The molecular weight excluding hydrogens is 312 g/mol. The van der Waals surface area contributed by atoms with Crippen LogP contribution >= 0.6 is 27.5 Å². The molecular formula is C14H22BrClN2. The van der Waals surface area contributed by atoms with Crippen molar-refractivity contribution in [1.82, 2.24) is 4.90 Å². The molecule has 0 bridgehead atoms. The largest absolute Gasteiger partial charge is 0.329 e. The molecule has 0 heterocycles. The molecule has 1 unspecified atom stereocenters. The van der Waals surface area contributed by atoms with Gasteiger partial charge in [-0.05, 0) is 46.1 Å². The Bertz CT molecular complexity index is 401. The second kappa shape index (κ2) is 6.38. The van der Waals surface area contributed by atoms with E-state index in [9.17, 15) is 0 Å². The maximum absolute atomic E-state index is 6.02. The average Bonchev–Trinajstić information content (AvgIpc) is 2.21. The highest BCUT2D eigenvalue weighted by Gasteiger charge is 2.21. The molecule has 1 atom stereocenters. The molecule has 1 aromatic rings. The van der Waals surface area contributed by atoms with Gasteiger partial charge in [-0.15, -0.1) is 0 Å². The topological polar surface area (TPSA) is 29.3 Å².